The molecule has 1 amide bonds. The topological polar surface area (TPSA) is 78.5 Å². The number of sulfonamides is 1. The minimum Gasteiger partial charge on any atom is -0.352 e. The molecule has 0 bridgehead atoms. The van der Waals surface area contributed by atoms with Crippen molar-refractivity contribution in [2.75, 3.05) is 24.4 Å². The number of rotatable bonds is 9. The highest BCUT2D eigenvalue weighted by Crippen LogP contribution is 2.26. The van der Waals surface area contributed by atoms with Gasteiger partial charge < -0.3 is 10.2 Å². The highest BCUT2D eigenvalue weighted by atomic mass is 35.5. The van der Waals surface area contributed by atoms with Gasteiger partial charge in [-0.25, -0.2) is 8.42 Å². The first-order valence-corrected chi connectivity index (χ1v) is 13.1. The molecule has 1 atom stereocenters. The molecule has 0 spiro atoms. The molecule has 0 aliphatic carbocycles. The molecule has 6 nitrogen and oxygen atoms in total. The molecule has 32 heavy (non-hydrogen) atoms. The minimum atomic E-state index is -3.76. The van der Waals surface area contributed by atoms with E-state index in [2.05, 4.69) is 21.9 Å². The number of anilines is 1. The second-order valence-electron chi connectivity index (χ2n) is 8.32. The number of halogens is 1. The van der Waals surface area contributed by atoms with Gasteiger partial charge in [-0.1, -0.05) is 42.6 Å². The summed E-state index contributed by atoms with van der Waals surface area (Å²) in [5.74, 6) is -0.217. The lowest BCUT2D eigenvalue weighted by Crippen LogP contribution is -2.40. The fraction of sp³-hybridized carbons (Fsp3) is 0.458. The van der Waals surface area contributed by atoms with Gasteiger partial charge in [0.05, 0.1) is 15.6 Å². The SMILES string of the molecule is CC[C@@H]1CCCCN1CCCNC(=O)c1ccc(NS(=O)(=O)c2ccc(C)cc2)c(Cl)c1. The first-order chi connectivity index (χ1) is 15.3. The first-order valence-electron chi connectivity index (χ1n) is 11.2. The number of carbonyl (C=O) groups is 1. The van der Waals surface area contributed by atoms with Gasteiger partial charge in [0.2, 0.25) is 0 Å². The van der Waals surface area contributed by atoms with Crippen LogP contribution in [0.2, 0.25) is 5.02 Å². The van der Waals surface area contributed by atoms with Crippen LogP contribution in [-0.4, -0.2) is 44.9 Å². The van der Waals surface area contributed by atoms with Crippen LogP contribution in [0.1, 0.15) is 54.9 Å². The summed E-state index contributed by atoms with van der Waals surface area (Å²) in [6.07, 6.45) is 5.89. The molecule has 1 aliphatic heterocycles. The van der Waals surface area contributed by atoms with Crippen LogP contribution in [0, 0.1) is 6.92 Å². The molecule has 0 unspecified atom stereocenters. The van der Waals surface area contributed by atoms with E-state index < -0.39 is 10.0 Å². The van der Waals surface area contributed by atoms with Crippen LogP contribution < -0.4 is 10.0 Å². The van der Waals surface area contributed by atoms with Crippen molar-refractivity contribution in [2.24, 2.45) is 0 Å². The Balaban J connectivity index is 1.53. The van der Waals surface area contributed by atoms with Crippen molar-refractivity contribution in [1.82, 2.24) is 10.2 Å². The zero-order valence-corrected chi connectivity index (χ0v) is 20.3. The lowest BCUT2D eigenvalue weighted by Gasteiger charge is -2.35. The van der Waals surface area contributed by atoms with E-state index in [1.54, 1.807) is 30.3 Å². The number of hydrogen-bond donors (Lipinski definition) is 2. The van der Waals surface area contributed by atoms with Crippen LogP contribution in [0.4, 0.5) is 5.69 Å². The van der Waals surface area contributed by atoms with Gasteiger partial charge in [0.1, 0.15) is 0 Å². The Kier molecular flexibility index (Phi) is 8.57. The van der Waals surface area contributed by atoms with Crippen molar-refractivity contribution < 1.29 is 13.2 Å². The molecule has 8 heteroatoms. The molecule has 3 rings (SSSR count). The Morgan fingerprint density at radius 3 is 2.59 bits per heavy atom. The summed E-state index contributed by atoms with van der Waals surface area (Å²) >= 11 is 6.27. The quantitative estimate of drug-likeness (QED) is 0.507. The van der Waals surface area contributed by atoms with Gasteiger partial charge in [0, 0.05) is 24.7 Å². The second kappa shape index (κ2) is 11.2. The number of amides is 1. The van der Waals surface area contributed by atoms with Crippen LogP contribution >= 0.6 is 11.6 Å². The average molecular weight is 478 g/mol. The monoisotopic (exact) mass is 477 g/mol. The molecule has 2 aromatic carbocycles. The lowest BCUT2D eigenvalue weighted by molar-refractivity contribution is 0.0947. The molecule has 1 heterocycles. The van der Waals surface area contributed by atoms with Gasteiger partial charge in [-0.05, 0) is 69.5 Å². The van der Waals surface area contributed by atoms with Gasteiger partial charge in [-0.3, -0.25) is 9.52 Å². The van der Waals surface area contributed by atoms with Crippen molar-refractivity contribution in [3.63, 3.8) is 0 Å². The first kappa shape index (κ1) is 24.6. The molecule has 1 fully saturated rings. The standard InChI is InChI=1S/C24H32ClN3O3S/c1-3-20-7-4-5-15-28(20)16-6-14-26-24(29)19-10-13-23(22(25)17-19)27-32(30,31)21-11-8-18(2)9-12-21/h8-13,17,20,27H,3-7,14-16H2,1-2H3,(H,26,29)/t20-/m1/s1. The zero-order chi connectivity index (χ0) is 23.1. The summed E-state index contributed by atoms with van der Waals surface area (Å²) in [7, 11) is -3.76. The van der Waals surface area contributed by atoms with E-state index in [9.17, 15) is 13.2 Å². The Bertz CT molecular complexity index is 1030. The fourth-order valence-electron chi connectivity index (χ4n) is 4.06. The Labute approximate surface area is 196 Å². The summed E-state index contributed by atoms with van der Waals surface area (Å²) in [6.45, 7) is 6.84. The van der Waals surface area contributed by atoms with E-state index in [1.165, 1.54) is 37.8 Å². The Morgan fingerprint density at radius 2 is 1.91 bits per heavy atom. The Morgan fingerprint density at radius 1 is 1.16 bits per heavy atom. The molecule has 174 valence electrons. The van der Waals surface area contributed by atoms with Crippen LogP contribution in [0.15, 0.2) is 47.4 Å². The van der Waals surface area contributed by atoms with Gasteiger partial charge in [-0.15, -0.1) is 0 Å². The highest BCUT2D eigenvalue weighted by molar-refractivity contribution is 7.92. The average Bonchev–Trinajstić information content (AvgIpc) is 2.78. The van der Waals surface area contributed by atoms with E-state index in [1.807, 2.05) is 6.92 Å². The van der Waals surface area contributed by atoms with E-state index >= 15 is 0 Å². The summed E-state index contributed by atoms with van der Waals surface area (Å²) < 4.78 is 27.7. The predicted molar refractivity (Wildman–Crippen MR) is 130 cm³/mol. The number of hydrogen-bond acceptors (Lipinski definition) is 4. The third kappa shape index (κ3) is 6.47. The van der Waals surface area contributed by atoms with Gasteiger partial charge in [0.25, 0.3) is 15.9 Å². The number of nitrogens with zero attached hydrogens (tertiary/aromatic N) is 1. The zero-order valence-electron chi connectivity index (χ0n) is 18.7. The van der Waals surface area contributed by atoms with Crippen molar-refractivity contribution >= 4 is 33.2 Å². The maximum Gasteiger partial charge on any atom is 0.261 e. The van der Waals surface area contributed by atoms with E-state index in [0.717, 1.165) is 25.1 Å². The van der Waals surface area contributed by atoms with Gasteiger partial charge >= 0.3 is 0 Å². The smallest absolute Gasteiger partial charge is 0.261 e. The summed E-state index contributed by atoms with van der Waals surface area (Å²) in [6, 6.07) is 11.8. The van der Waals surface area contributed by atoms with Crippen molar-refractivity contribution in [1.29, 1.82) is 0 Å². The minimum absolute atomic E-state index is 0.153. The van der Waals surface area contributed by atoms with Crippen LogP contribution in [0.5, 0.6) is 0 Å². The van der Waals surface area contributed by atoms with Crippen molar-refractivity contribution in [2.45, 2.75) is 56.9 Å². The van der Waals surface area contributed by atoms with Gasteiger partial charge in [-0.2, -0.15) is 0 Å². The van der Waals surface area contributed by atoms with E-state index in [0.29, 0.717) is 18.2 Å². The molecule has 1 saturated heterocycles. The van der Waals surface area contributed by atoms with Crippen molar-refractivity contribution in [3.05, 3.63) is 58.6 Å². The number of likely N-dealkylation sites (tertiary alicyclic amines) is 1. The molecule has 0 radical (unpaired) electrons. The number of aryl methyl sites for hydroxylation is 1. The molecule has 2 aromatic rings. The molecule has 2 N–H and O–H groups in total. The maximum absolute atomic E-state index is 12.6. The third-order valence-corrected chi connectivity index (χ3v) is 7.63. The van der Waals surface area contributed by atoms with Crippen molar-refractivity contribution in [3.8, 4) is 0 Å². The number of carbonyl (C=O) groups excluding carboxylic acids is 1. The third-order valence-electron chi connectivity index (χ3n) is 5.93. The number of nitrogens with one attached hydrogen (secondary N) is 2. The summed E-state index contributed by atoms with van der Waals surface area (Å²) in [5.41, 5.74) is 1.61. The molecular weight excluding hydrogens is 446 g/mol. The molecular formula is C24H32ClN3O3S. The number of benzene rings is 2. The highest BCUT2D eigenvalue weighted by Gasteiger charge is 2.20. The fourth-order valence-corrected chi connectivity index (χ4v) is 5.43. The lowest BCUT2D eigenvalue weighted by atomic mass is 10.00. The molecule has 0 saturated carbocycles. The maximum atomic E-state index is 12.6. The number of piperidine rings is 1. The predicted octanol–water partition coefficient (Wildman–Crippen LogP) is 4.83. The Hall–Kier alpha value is -2.09. The molecule has 0 aromatic heterocycles. The second-order valence-corrected chi connectivity index (χ2v) is 10.4. The van der Waals surface area contributed by atoms with Crippen LogP contribution in [0.25, 0.3) is 0 Å². The normalized spacial score (nSPS) is 17.2. The van der Waals surface area contributed by atoms with Crippen LogP contribution in [-0.2, 0) is 10.0 Å². The molecule has 1 aliphatic rings. The van der Waals surface area contributed by atoms with Gasteiger partial charge in [0.15, 0.2) is 0 Å². The summed E-state index contributed by atoms with van der Waals surface area (Å²) in [5, 5.41) is 3.11. The summed E-state index contributed by atoms with van der Waals surface area (Å²) in [4.78, 5) is 15.2. The van der Waals surface area contributed by atoms with E-state index in [4.69, 9.17) is 11.6 Å². The van der Waals surface area contributed by atoms with Crippen LogP contribution in [0.3, 0.4) is 0 Å². The van der Waals surface area contributed by atoms with E-state index in [-0.39, 0.29) is 21.5 Å². The largest absolute Gasteiger partial charge is 0.352 e.